The Balaban J connectivity index is 3.03. The van der Waals surface area contributed by atoms with E-state index >= 15 is 0 Å². The van der Waals surface area contributed by atoms with Crippen LogP contribution in [0.4, 0.5) is 0 Å². The zero-order valence-electron chi connectivity index (χ0n) is 25.9. The Morgan fingerprint density at radius 2 is 1.40 bits per heavy atom. The molecule has 1 fully saturated rings. The Labute approximate surface area is 249 Å². The molecule has 1 aliphatic rings. The third-order valence-corrected chi connectivity index (χ3v) is 7.08. The second-order valence-corrected chi connectivity index (χ2v) is 12.2. The number of carboxylic acids is 1. The van der Waals surface area contributed by atoms with E-state index in [1.807, 2.05) is 41.5 Å². The smallest absolute Gasteiger partial charge is 0.326 e. The summed E-state index contributed by atoms with van der Waals surface area (Å²) < 4.78 is 0. The molecule has 0 saturated carbocycles. The van der Waals surface area contributed by atoms with E-state index in [1.165, 1.54) is 4.90 Å². The molecule has 240 valence electrons. The lowest BCUT2D eigenvalue weighted by Crippen LogP contribution is -2.58. The Morgan fingerprint density at radius 3 is 1.88 bits per heavy atom. The third kappa shape index (κ3) is 12.2. The number of nitrogens with zero attached hydrogens (tertiary/aromatic N) is 2. The summed E-state index contributed by atoms with van der Waals surface area (Å²) in [6.07, 6.45) is 2.05. The van der Waals surface area contributed by atoms with Gasteiger partial charge in [-0.1, -0.05) is 41.5 Å². The largest absolute Gasteiger partial charge is 0.480 e. The highest BCUT2D eigenvalue weighted by molar-refractivity contribution is 5.95. The lowest BCUT2D eigenvalue weighted by molar-refractivity contribution is -0.142. The van der Waals surface area contributed by atoms with Gasteiger partial charge >= 0.3 is 5.97 Å². The number of carboxylic acid groups (broad SMARTS) is 1. The van der Waals surface area contributed by atoms with E-state index in [-0.39, 0.29) is 49.0 Å². The Kier molecular flexibility index (Phi) is 15.3. The molecule has 1 rings (SSSR count). The Hall–Kier alpha value is -3.42. The molecule has 0 spiro atoms. The minimum atomic E-state index is -1.22. The van der Waals surface area contributed by atoms with Gasteiger partial charge in [0.05, 0.1) is 6.04 Å². The normalized spacial score (nSPS) is 17.9. The van der Waals surface area contributed by atoms with Crippen molar-refractivity contribution in [2.24, 2.45) is 39.9 Å². The lowest BCUT2D eigenvalue weighted by Gasteiger charge is -2.30. The fourth-order valence-electron chi connectivity index (χ4n) is 4.76. The average Bonchev–Trinajstić information content (AvgIpc) is 3.37. The standard InChI is InChI=1S/C28H52N8O6/c1-15(2)13-19(23(37)33-18(27(41)42)9-7-11-32-28(30)31)34-24(38)20(14-16(3)4)35-25(39)21-10-8-12-36(21)26(40)22(29)17(5)6/h15-22H,7-14,29H2,1-6H3,(H,33,37)(H,34,38)(H,35,39)(H,41,42)(H4,30,31,32)/t18-,19-,20-,21-,22-/m0/s1. The van der Waals surface area contributed by atoms with E-state index in [0.717, 1.165) is 0 Å². The van der Waals surface area contributed by atoms with Crippen molar-refractivity contribution in [2.75, 3.05) is 13.1 Å². The number of nitrogens with one attached hydrogen (secondary N) is 3. The number of guanidine groups is 1. The zero-order chi connectivity index (χ0) is 32.1. The molecule has 14 nitrogen and oxygen atoms in total. The number of rotatable bonds is 17. The first-order valence-corrected chi connectivity index (χ1v) is 14.8. The van der Waals surface area contributed by atoms with Crippen LogP contribution in [-0.2, 0) is 24.0 Å². The topological polar surface area (TPSA) is 235 Å². The molecule has 0 unspecified atom stereocenters. The zero-order valence-corrected chi connectivity index (χ0v) is 25.9. The Bertz CT molecular complexity index is 966. The van der Waals surface area contributed by atoms with Gasteiger partial charge in [-0.05, 0) is 56.3 Å². The molecule has 0 bridgehead atoms. The third-order valence-electron chi connectivity index (χ3n) is 7.08. The molecule has 10 N–H and O–H groups in total. The molecule has 0 aromatic heterocycles. The number of nitrogens with two attached hydrogens (primary N) is 3. The summed E-state index contributed by atoms with van der Waals surface area (Å²) in [4.78, 5) is 70.0. The molecule has 14 heteroatoms. The summed E-state index contributed by atoms with van der Waals surface area (Å²) >= 11 is 0. The van der Waals surface area contributed by atoms with E-state index in [1.54, 1.807) is 0 Å². The van der Waals surface area contributed by atoms with Gasteiger partial charge in [0.2, 0.25) is 23.6 Å². The van der Waals surface area contributed by atoms with Crippen molar-refractivity contribution >= 4 is 35.6 Å². The maximum Gasteiger partial charge on any atom is 0.326 e. The molecule has 42 heavy (non-hydrogen) atoms. The summed E-state index contributed by atoms with van der Waals surface area (Å²) in [5.74, 6) is -3.36. The molecule has 0 radical (unpaired) electrons. The molecule has 0 aliphatic carbocycles. The first-order valence-electron chi connectivity index (χ1n) is 14.8. The van der Waals surface area contributed by atoms with Crippen LogP contribution in [0.25, 0.3) is 0 Å². The number of aliphatic imine (C=N–C) groups is 1. The highest BCUT2D eigenvalue weighted by Gasteiger charge is 2.38. The van der Waals surface area contributed by atoms with Crippen LogP contribution < -0.4 is 33.2 Å². The van der Waals surface area contributed by atoms with Gasteiger partial charge in [-0.2, -0.15) is 0 Å². The van der Waals surface area contributed by atoms with Crippen molar-refractivity contribution in [3.8, 4) is 0 Å². The molecular formula is C28H52N8O6. The summed E-state index contributed by atoms with van der Waals surface area (Å²) in [5, 5.41) is 17.7. The van der Waals surface area contributed by atoms with Gasteiger partial charge in [-0.25, -0.2) is 4.79 Å². The minimum Gasteiger partial charge on any atom is -0.480 e. The highest BCUT2D eigenvalue weighted by atomic mass is 16.4. The summed E-state index contributed by atoms with van der Waals surface area (Å²) in [7, 11) is 0. The quantitative estimate of drug-likeness (QED) is 0.0659. The van der Waals surface area contributed by atoms with E-state index in [2.05, 4.69) is 20.9 Å². The van der Waals surface area contributed by atoms with Gasteiger partial charge in [0.15, 0.2) is 5.96 Å². The van der Waals surface area contributed by atoms with Crippen LogP contribution in [0.2, 0.25) is 0 Å². The number of carbonyl (C=O) groups is 5. The highest BCUT2D eigenvalue weighted by Crippen LogP contribution is 2.20. The number of hydrogen-bond donors (Lipinski definition) is 7. The van der Waals surface area contributed by atoms with Crippen molar-refractivity contribution in [1.82, 2.24) is 20.9 Å². The van der Waals surface area contributed by atoms with Crippen LogP contribution >= 0.6 is 0 Å². The summed E-state index contributed by atoms with van der Waals surface area (Å²) in [6, 6.07) is -4.67. The fraction of sp³-hybridized carbons (Fsp3) is 0.786. The first kappa shape index (κ1) is 36.6. The fourth-order valence-corrected chi connectivity index (χ4v) is 4.76. The predicted octanol–water partition coefficient (Wildman–Crippen LogP) is -0.354. The van der Waals surface area contributed by atoms with Crippen molar-refractivity contribution in [2.45, 2.75) is 110 Å². The molecule has 1 saturated heterocycles. The SMILES string of the molecule is CC(C)C[C@H](NC(=O)[C@H](CC(C)C)NC(=O)[C@@H]1CCCN1C(=O)[C@@H](N)C(C)C)C(=O)N[C@@H](CCCN=C(N)N)C(=O)O. The molecule has 5 atom stereocenters. The molecule has 1 aliphatic heterocycles. The van der Waals surface area contributed by atoms with Crippen molar-refractivity contribution in [3.05, 3.63) is 0 Å². The summed E-state index contributed by atoms with van der Waals surface area (Å²) in [6.45, 7) is 11.8. The van der Waals surface area contributed by atoms with Crippen LogP contribution in [-0.4, -0.2) is 88.9 Å². The van der Waals surface area contributed by atoms with Crippen LogP contribution in [0.5, 0.6) is 0 Å². The molecular weight excluding hydrogens is 544 g/mol. The van der Waals surface area contributed by atoms with Crippen molar-refractivity contribution in [3.63, 3.8) is 0 Å². The van der Waals surface area contributed by atoms with Crippen LogP contribution in [0.15, 0.2) is 4.99 Å². The molecule has 4 amide bonds. The number of aliphatic carboxylic acids is 1. The first-order chi connectivity index (χ1) is 19.5. The lowest BCUT2D eigenvalue weighted by atomic mass is 9.99. The van der Waals surface area contributed by atoms with Crippen molar-refractivity contribution < 1.29 is 29.1 Å². The molecule has 0 aromatic rings. The van der Waals surface area contributed by atoms with Crippen LogP contribution in [0.1, 0.15) is 80.1 Å². The van der Waals surface area contributed by atoms with Crippen molar-refractivity contribution in [1.29, 1.82) is 0 Å². The monoisotopic (exact) mass is 596 g/mol. The van der Waals surface area contributed by atoms with Gasteiger partial charge in [0.25, 0.3) is 0 Å². The van der Waals surface area contributed by atoms with Gasteiger partial charge in [-0.15, -0.1) is 0 Å². The summed E-state index contributed by atoms with van der Waals surface area (Å²) in [5.41, 5.74) is 16.7. The second-order valence-electron chi connectivity index (χ2n) is 12.2. The molecule has 1 heterocycles. The van der Waals surface area contributed by atoms with E-state index < -0.39 is 53.9 Å². The maximum atomic E-state index is 13.5. The Morgan fingerprint density at radius 1 is 0.881 bits per heavy atom. The predicted molar refractivity (Wildman–Crippen MR) is 160 cm³/mol. The number of amides is 4. The van der Waals surface area contributed by atoms with E-state index in [4.69, 9.17) is 17.2 Å². The van der Waals surface area contributed by atoms with Gasteiger partial charge < -0.3 is 43.2 Å². The maximum absolute atomic E-state index is 13.5. The minimum absolute atomic E-state index is 0.00689. The van der Waals surface area contributed by atoms with Crippen LogP contribution in [0.3, 0.4) is 0 Å². The molecule has 0 aromatic carbocycles. The number of hydrogen-bond acceptors (Lipinski definition) is 7. The van der Waals surface area contributed by atoms with Crippen LogP contribution in [0, 0.1) is 17.8 Å². The van der Waals surface area contributed by atoms with Gasteiger partial charge in [-0.3, -0.25) is 24.2 Å². The number of likely N-dealkylation sites (tertiary alicyclic amines) is 1. The van der Waals surface area contributed by atoms with E-state index in [0.29, 0.717) is 32.2 Å². The number of carbonyl (C=O) groups excluding carboxylic acids is 4. The average molecular weight is 597 g/mol. The van der Waals surface area contributed by atoms with E-state index in [9.17, 15) is 29.1 Å². The van der Waals surface area contributed by atoms with Gasteiger partial charge in [0.1, 0.15) is 24.2 Å². The van der Waals surface area contributed by atoms with Gasteiger partial charge in [0, 0.05) is 13.1 Å². The second kappa shape index (κ2) is 17.5.